The van der Waals surface area contributed by atoms with Gasteiger partial charge < -0.3 is 10.6 Å². The zero-order valence-corrected chi connectivity index (χ0v) is 17.3. The van der Waals surface area contributed by atoms with Gasteiger partial charge in [0.1, 0.15) is 0 Å². The van der Waals surface area contributed by atoms with Gasteiger partial charge in [-0.15, -0.1) is 0 Å². The van der Waals surface area contributed by atoms with E-state index in [0.29, 0.717) is 6.42 Å². The average Bonchev–Trinajstić information content (AvgIpc) is 3.20. The average molecular weight is 400 g/mol. The Morgan fingerprint density at radius 1 is 1.03 bits per heavy atom. The van der Waals surface area contributed by atoms with Crippen LogP contribution in [0.1, 0.15) is 24.0 Å². The zero-order valence-electron chi connectivity index (χ0n) is 17.3. The summed E-state index contributed by atoms with van der Waals surface area (Å²) in [6, 6.07) is 22.9. The smallest absolute Gasteiger partial charge is 0.225 e. The van der Waals surface area contributed by atoms with Gasteiger partial charge in [-0.3, -0.25) is 9.78 Å². The normalized spacial score (nSPS) is 19.1. The number of aromatic nitrogens is 1. The highest BCUT2D eigenvalue weighted by Crippen LogP contribution is 2.37. The van der Waals surface area contributed by atoms with Crippen LogP contribution < -0.4 is 5.73 Å². The maximum absolute atomic E-state index is 12.6. The lowest BCUT2D eigenvalue weighted by Crippen LogP contribution is -2.41. The highest BCUT2D eigenvalue weighted by molar-refractivity contribution is 5.82. The molecule has 0 saturated carbocycles. The number of nitrogens with zero attached hydrogens (tertiary/aromatic N) is 2. The largest absolute Gasteiger partial charge is 0.369 e. The molecule has 4 nitrogen and oxygen atoms in total. The van der Waals surface area contributed by atoms with Gasteiger partial charge in [0.2, 0.25) is 5.91 Å². The number of primary amides is 1. The first-order chi connectivity index (χ1) is 14.7. The van der Waals surface area contributed by atoms with Gasteiger partial charge >= 0.3 is 0 Å². The van der Waals surface area contributed by atoms with Crippen LogP contribution in [0.2, 0.25) is 0 Å². The van der Waals surface area contributed by atoms with Crippen molar-refractivity contribution in [2.45, 2.75) is 25.7 Å². The van der Waals surface area contributed by atoms with E-state index in [1.807, 2.05) is 24.4 Å². The monoisotopic (exact) mass is 399 g/mol. The van der Waals surface area contributed by atoms with Gasteiger partial charge in [0.05, 0.1) is 5.41 Å². The summed E-state index contributed by atoms with van der Waals surface area (Å²) in [7, 11) is 0. The molecule has 2 aromatic carbocycles. The molecule has 1 amide bonds. The molecule has 154 valence electrons. The van der Waals surface area contributed by atoms with Crippen molar-refractivity contribution >= 4 is 5.91 Å². The van der Waals surface area contributed by atoms with E-state index in [9.17, 15) is 4.79 Å². The van der Waals surface area contributed by atoms with Gasteiger partial charge in [0.15, 0.2) is 0 Å². The van der Waals surface area contributed by atoms with Crippen LogP contribution in [-0.2, 0) is 17.6 Å². The highest BCUT2D eigenvalue weighted by Gasteiger charge is 2.43. The molecule has 4 heteroatoms. The molecular formula is C26H29N3O. The Morgan fingerprint density at radius 2 is 1.83 bits per heavy atom. The summed E-state index contributed by atoms with van der Waals surface area (Å²) in [5.41, 5.74) is 10.2. The fourth-order valence-corrected chi connectivity index (χ4v) is 4.58. The maximum Gasteiger partial charge on any atom is 0.225 e. The highest BCUT2D eigenvalue weighted by atomic mass is 16.1. The SMILES string of the molecule is NC(=O)C1(Cc2ccccc2-c2cccnc2)CCN(CCCc2ccccc2)C1. The number of amides is 1. The second kappa shape index (κ2) is 9.23. The quantitative estimate of drug-likeness (QED) is 0.620. The first-order valence-corrected chi connectivity index (χ1v) is 10.7. The Hall–Kier alpha value is -2.98. The van der Waals surface area contributed by atoms with Crippen LogP contribution in [0.5, 0.6) is 0 Å². The van der Waals surface area contributed by atoms with Crippen molar-refractivity contribution in [2.75, 3.05) is 19.6 Å². The number of benzene rings is 2. The molecule has 1 unspecified atom stereocenters. The van der Waals surface area contributed by atoms with E-state index in [4.69, 9.17) is 5.73 Å². The summed E-state index contributed by atoms with van der Waals surface area (Å²) in [5.74, 6) is -0.186. The Balaban J connectivity index is 1.45. The molecule has 30 heavy (non-hydrogen) atoms. The van der Waals surface area contributed by atoms with E-state index in [-0.39, 0.29) is 5.91 Å². The summed E-state index contributed by atoms with van der Waals surface area (Å²) in [6.45, 7) is 2.65. The molecule has 2 heterocycles. The van der Waals surface area contributed by atoms with Crippen LogP contribution in [0.4, 0.5) is 0 Å². The minimum absolute atomic E-state index is 0.186. The number of aryl methyl sites for hydroxylation is 1. The molecule has 1 aromatic heterocycles. The van der Waals surface area contributed by atoms with E-state index < -0.39 is 5.41 Å². The predicted molar refractivity (Wildman–Crippen MR) is 121 cm³/mol. The number of carbonyl (C=O) groups is 1. The van der Waals surface area contributed by atoms with Crippen LogP contribution in [0.3, 0.4) is 0 Å². The lowest BCUT2D eigenvalue weighted by Gasteiger charge is -2.27. The van der Waals surface area contributed by atoms with Crippen LogP contribution in [0.15, 0.2) is 79.1 Å². The first-order valence-electron chi connectivity index (χ1n) is 10.7. The number of pyridine rings is 1. The summed E-state index contributed by atoms with van der Waals surface area (Å²) >= 11 is 0. The van der Waals surface area contributed by atoms with Crippen molar-refractivity contribution in [3.63, 3.8) is 0 Å². The minimum Gasteiger partial charge on any atom is -0.369 e. The predicted octanol–water partition coefficient (Wildman–Crippen LogP) is 4.10. The third kappa shape index (κ3) is 4.60. The molecule has 0 bridgehead atoms. The number of likely N-dealkylation sites (tertiary alicyclic amines) is 1. The van der Waals surface area contributed by atoms with Gasteiger partial charge in [-0.05, 0) is 61.5 Å². The van der Waals surface area contributed by atoms with Crippen LogP contribution in [0.25, 0.3) is 11.1 Å². The van der Waals surface area contributed by atoms with Crippen molar-refractivity contribution in [3.05, 3.63) is 90.3 Å². The Morgan fingerprint density at radius 3 is 2.60 bits per heavy atom. The number of nitrogens with two attached hydrogens (primary N) is 1. The van der Waals surface area contributed by atoms with E-state index >= 15 is 0 Å². The standard InChI is InChI=1S/C26H29N3O/c27-25(30)26(14-17-29(20-26)16-7-10-21-8-2-1-3-9-21)18-22-11-4-5-13-24(22)23-12-6-15-28-19-23/h1-6,8-9,11-13,15,19H,7,10,14,16-18,20H2,(H2,27,30). The fourth-order valence-electron chi connectivity index (χ4n) is 4.58. The Labute approximate surface area is 178 Å². The first kappa shape index (κ1) is 20.3. The second-order valence-electron chi connectivity index (χ2n) is 8.34. The van der Waals surface area contributed by atoms with Crippen molar-refractivity contribution in [3.8, 4) is 11.1 Å². The van der Waals surface area contributed by atoms with Crippen molar-refractivity contribution < 1.29 is 4.79 Å². The van der Waals surface area contributed by atoms with Crippen LogP contribution >= 0.6 is 0 Å². The third-order valence-electron chi connectivity index (χ3n) is 6.26. The van der Waals surface area contributed by atoms with Gasteiger partial charge in [-0.2, -0.15) is 0 Å². The molecule has 3 aromatic rings. The lowest BCUT2D eigenvalue weighted by molar-refractivity contribution is -0.127. The van der Waals surface area contributed by atoms with Crippen LogP contribution in [0, 0.1) is 5.41 Å². The van der Waals surface area contributed by atoms with Crippen molar-refractivity contribution in [1.29, 1.82) is 0 Å². The number of carbonyl (C=O) groups excluding carboxylic acids is 1. The fraction of sp³-hybridized carbons (Fsp3) is 0.308. The molecule has 1 aliphatic heterocycles. The summed E-state index contributed by atoms with van der Waals surface area (Å²) in [4.78, 5) is 19.3. The molecule has 0 radical (unpaired) electrons. The molecule has 1 saturated heterocycles. The number of hydrogen-bond donors (Lipinski definition) is 1. The number of rotatable bonds is 8. The molecule has 1 fully saturated rings. The van der Waals surface area contributed by atoms with Gasteiger partial charge in [0.25, 0.3) is 0 Å². The lowest BCUT2D eigenvalue weighted by atomic mass is 9.78. The van der Waals surface area contributed by atoms with E-state index in [1.165, 1.54) is 5.56 Å². The van der Waals surface area contributed by atoms with Crippen molar-refractivity contribution in [1.82, 2.24) is 9.88 Å². The van der Waals surface area contributed by atoms with Gasteiger partial charge in [-0.1, -0.05) is 60.7 Å². The topological polar surface area (TPSA) is 59.2 Å². The molecular weight excluding hydrogens is 370 g/mol. The molecule has 0 spiro atoms. The van der Waals surface area contributed by atoms with Gasteiger partial charge in [-0.25, -0.2) is 0 Å². The summed E-state index contributed by atoms with van der Waals surface area (Å²) in [6.07, 6.45) is 7.29. The van der Waals surface area contributed by atoms with E-state index in [0.717, 1.165) is 55.6 Å². The summed E-state index contributed by atoms with van der Waals surface area (Å²) in [5, 5.41) is 0. The van der Waals surface area contributed by atoms with Crippen LogP contribution in [-0.4, -0.2) is 35.4 Å². The van der Waals surface area contributed by atoms with E-state index in [2.05, 4.69) is 58.4 Å². The molecule has 4 rings (SSSR count). The third-order valence-corrected chi connectivity index (χ3v) is 6.26. The molecule has 0 aliphatic carbocycles. The van der Waals surface area contributed by atoms with Gasteiger partial charge in [0, 0.05) is 24.5 Å². The Kier molecular flexibility index (Phi) is 6.24. The Bertz CT molecular complexity index is 974. The van der Waals surface area contributed by atoms with E-state index in [1.54, 1.807) is 6.20 Å². The zero-order chi connectivity index (χ0) is 20.8. The molecule has 2 N–H and O–H groups in total. The molecule has 1 aliphatic rings. The second-order valence-corrected chi connectivity index (χ2v) is 8.34. The number of hydrogen-bond acceptors (Lipinski definition) is 3. The maximum atomic E-state index is 12.6. The molecule has 1 atom stereocenters. The summed E-state index contributed by atoms with van der Waals surface area (Å²) < 4.78 is 0. The minimum atomic E-state index is -0.509. The van der Waals surface area contributed by atoms with Crippen molar-refractivity contribution in [2.24, 2.45) is 11.1 Å².